The molecular weight excluding hydrogens is 520 g/mol. The number of hydrogen-bond donors (Lipinski definition) is 1. The zero-order chi connectivity index (χ0) is 28.8. The number of furan rings is 1. The van der Waals surface area contributed by atoms with E-state index < -0.39 is 11.9 Å². The van der Waals surface area contributed by atoms with E-state index in [1.54, 1.807) is 26.0 Å². The smallest absolute Gasteiger partial charge is 0.336 e. The van der Waals surface area contributed by atoms with Crippen molar-refractivity contribution < 1.29 is 28.3 Å². The summed E-state index contributed by atoms with van der Waals surface area (Å²) < 4.78 is 17.3. The molecule has 0 spiro atoms. The van der Waals surface area contributed by atoms with Crippen molar-refractivity contribution in [2.24, 2.45) is 0 Å². The number of benzene rings is 2. The lowest BCUT2D eigenvalue weighted by Crippen LogP contribution is -2.38. The summed E-state index contributed by atoms with van der Waals surface area (Å²) in [5.41, 5.74) is 1.71. The number of para-hydroxylation sites is 1. The number of nitrogens with zero attached hydrogens (tertiary/aromatic N) is 1. The van der Waals surface area contributed by atoms with E-state index in [0.717, 1.165) is 31.2 Å². The Morgan fingerprint density at radius 2 is 1.73 bits per heavy atom. The van der Waals surface area contributed by atoms with Gasteiger partial charge < -0.3 is 24.1 Å². The van der Waals surface area contributed by atoms with Gasteiger partial charge in [0.1, 0.15) is 17.3 Å². The molecule has 1 unspecified atom stereocenters. The number of carbonyl (C=O) groups excluding carboxylic acids is 3. The summed E-state index contributed by atoms with van der Waals surface area (Å²) in [6.07, 6.45) is 5.47. The molecule has 0 radical (unpaired) electrons. The Kier molecular flexibility index (Phi) is 8.87. The van der Waals surface area contributed by atoms with Crippen LogP contribution in [0.4, 0.5) is 0 Å². The zero-order valence-corrected chi connectivity index (χ0v) is 23.6. The van der Waals surface area contributed by atoms with E-state index in [4.69, 9.17) is 13.9 Å². The molecule has 41 heavy (non-hydrogen) atoms. The summed E-state index contributed by atoms with van der Waals surface area (Å²) in [6, 6.07) is 20.4. The number of ether oxygens (including phenoxy) is 2. The molecule has 1 fully saturated rings. The summed E-state index contributed by atoms with van der Waals surface area (Å²) in [7, 11) is 0. The fourth-order valence-electron chi connectivity index (χ4n) is 5.63. The van der Waals surface area contributed by atoms with Crippen molar-refractivity contribution in [1.29, 1.82) is 0 Å². The molecule has 8 nitrogen and oxygen atoms in total. The van der Waals surface area contributed by atoms with Gasteiger partial charge in [0.25, 0.3) is 5.91 Å². The molecule has 2 amide bonds. The van der Waals surface area contributed by atoms with Crippen molar-refractivity contribution in [2.45, 2.75) is 70.9 Å². The average molecular weight is 557 g/mol. The molecule has 2 heterocycles. The van der Waals surface area contributed by atoms with Crippen LogP contribution in [0.15, 0.2) is 82.4 Å². The highest BCUT2D eigenvalue weighted by Gasteiger charge is 2.37. The summed E-state index contributed by atoms with van der Waals surface area (Å²) in [5.74, 6) is 0.628. The van der Waals surface area contributed by atoms with Crippen LogP contribution in [0.25, 0.3) is 0 Å². The van der Waals surface area contributed by atoms with Gasteiger partial charge in [-0.1, -0.05) is 49.6 Å². The van der Waals surface area contributed by atoms with Crippen molar-refractivity contribution in [1.82, 2.24) is 10.2 Å². The van der Waals surface area contributed by atoms with E-state index in [1.165, 1.54) is 11.3 Å². The Labute approximate surface area is 240 Å². The quantitative estimate of drug-likeness (QED) is 0.303. The maximum atomic E-state index is 13.5. The molecule has 1 aliphatic heterocycles. The molecule has 214 valence electrons. The van der Waals surface area contributed by atoms with Crippen LogP contribution in [-0.4, -0.2) is 35.3 Å². The largest absolute Gasteiger partial charge is 0.463 e. The summed E-state index contributed by atoms with van der Waals surface area (Å²) in [5, 5.41) is 3.06. The van der Waals surface area contributed by atoms with Gasteiger partial charge in [-0.15, -0.1) is 0 Å². The van der Waals surface area contributed by atoms with Crippen LogP contribution in [0.1, 0.15) is 80.2 Å². The van der Waals surface area contributed by atoms with E-state index in [0.29, 0.717) is 28.5 Å². The number of allylic oxidation sites excluding steroid dienone is 1. The first-order valence-corrected chi connectivity index (χ1v) is 14.3. The Morgan fingerprint density at radius 1 is 0.976 bits per heavy atom. The number of amides is 2. The van der Waals surface area contributed by atoms with Gasteiger partial charge in [0.05, 0.1) is 18.7 Å². The topological polar surface area (TPSA) is 98.1 Å². The first kappa shape index (κ1) is 28.2. The molecule has 1 aromatic heterocycles. The van der Waals surface area contributed by atoms with Gasteiger partial charge in [0, 0.05) is 24.1 Å². The molecule has 5 rings (SSSR count). The predicted octanol–water partition coefficient (Wildman–Crippen LogP) is 6.49. The van der Waals surface area contributed by atoms with Crippen LogP contribution in [0.5, 0.6) is 11.5 Å². The van der Waals surface area contributed by atoms with Gasteiger partial charge in [-0.05, 0) is 68.7 Å². The third-order valence-corrected chi connectivity index (χ3v) is 7.70. The Hall–Kier alpha value is -4.33. The number of hydrogen-bond acceptors (Lipinski definition) is 6. The third-order valence-electron chi connectivity index (χ3n) is 7.70. The van der Waals surface area contributed by atoms with Crippen molar-refractivity contribution in [3.8, 4) is 11.5 Å². The Balaban J connectivity index is 1.37. The van der Waals surface area contributed by atoms with Crippen LogP contribution >= 0.6 is 0 Å². The second kappa shape index (κ2) is 12.9. The molecule has 0 saturated heterocycles. The fraction of sp³-hybridized carbons (Fsp3) is 0.364. The highest BCUT2D eigenvalue weighted by molar-refractivity contribution is 5.96. The normalized spacial score (nSPS) is 17.9. The van der Waals surface area contributed by atoms with E-state index in [2.05, 4.69) is 5.32 Å². The average Bonchev–Trinajstić information content (AvgIpc) is 3.45. The van der Waals surface area contributed by atoms with E-state index >= 15 is 0 Å². The lowest BCUT2D eigenvalue weighted by atomic mass is 9.83. The minimum absolute atomic E-state index is 0.0794. The maximum absolute atomic E-state index is 13.5. The second-order valence-electron chi connectivity index (χ2n) is 10.5. The standard InChI is InChI=1S/C33H36N2O6/c1-3-39-33(38)31-22(2)35(21-27-17-18-29(41-27)32(37)34-24-12-6-4-7-13-24)30(36)20-28(31)23-11-10-16-26(19-23)40-25-14-8-5-9-15-25/h5,8-11,14-19,24,28H,3-4,6-7,12-13,20-21H2,1-2H3,(H,34,37). The number of rotatable bonds is 9. The number of carbonyl (C=O) groups is 3. The second-order valence-corrected chi connectivity index (χ2v) is 10.5. The number of esters is 1. The van der Waals surface area contributed by atoms with Crippen molar-refractivity contribution in [3.63, 3.8) is 0 Å². The molecule has 1 saturated carbocycles. The Bertz CT molecular complexity index is 1420. The van der Waals surface area contributed by atoms with Crippen LogP contribution in [0.3, 0.4) is 0 Å². The minimum atomic E-state index is -0.495. The lowest BCUT2D eigenvalue weighted by Gasteiger charge is -2.34. The van der Waals surface area contributed by atoms with Crippen LogP contribution < -0.4 is 10.1 Å². The third kappa shape index (κ3) is 6.70. The Morgan fingerprint density at radius 3 is 2.49 bits per heavy atom. The molecule has 2 aromatic carbocycles. The van der Waals surface area contributed by atoms with Crippen molar-refractivity contribution in [2.75, 3.05) is 6.61 Å². The first-order chi connectivity index (χ1) is 19.9. The summed E-state index contributed by atoms with van der Waals surface area (Å²) >= 11 is 0. The molecule has 2 aliphatic rings. The van der Waals surface area contributed by atoms with Crippen LogP contribution in [0.2, 0.25) is 0 Å². The predicted molar refractivity (Wildman–Crippen MR) is 153 cm³/mol. The molecule has 1 atom stereocenters. The monoisotopic (exact) mass is 556 g/mol. The fourth-order valence-corrected chi connectivity index (χ4v) is 5.63. The minimum Gasteiger partial charge on any atom is -0.463 e. The number of nitrogens with one attached hydrogen (secondary N) is 1. The van der Waals surface area contributed by atoms with Crippen molar-refractivity contribution >= 4 is 17.8 Å². The first-order valence-electron chi connectivity index (χ1n) is 14.3. The summed E-state index contributed by atoms with van der Waals surface area (Å²) in [6.45, 7) is 3.82. The lowest BCUT2D eigenvalue weighted by molar-refractivity contribution is -0.140. The maximum Gasteiger partial charge on any atom is 0.336 e. The SMILES string of the molecule is CCOC(=O)C1=C(C)N(Cc2ccc(C(=O)NC3CCCCC3)o2)C(=O)CC1c1cccc(Oc2ccccc2)c1. The van der Waals surface area contributed by atoms with Crippen LogP contribution in [-0.2, 0) is 20.9 Å². The van der Waals surface area contributed by atoms with Gasteiger partial charge in [-0.3, -0.25) is 9.59 Å². The molecule has 1 aliphatic carbocycles. The van der Waals surface area contributed by atoms with E-state index in [9.17, 15) is 14.4 Å². The van der Waals surface area contributed by atoms with E-state index in [-0.39, 0.29) is 43.2 Å². The highest BCUT2D eigenvalue weighted by atomic mass is 16.5. The highest BCUT2D eigenvalue weighted by Crippen LogP contribution is 2.39. The molecule has 3 aromatic rings. The molecule has 8 heteroatoms. The van der Waals surface area contributed by atoms with Crippen molar-refractivity contribution in [3.05, 3.63) is 95.1 Å². The van der Waals surface area contributed by atoms with Gasteiger partial charge >= 0.3 is 5.97 Å². The van der Waals surface area contributed by atoms with E-state index in [1.807, 2.05) is 54.6 Å². The molecular formula is C33H36N2O6. The van der Waals surface area contributed by atoms with Gasteiger partial charge in [0.2, 0.25) is 5.91 Å². The molecule has 1 N–H and O–H groups in total. The summed E-state index contributed by atoms with van der Waals surface area (Å²) in [4.78, 5) is 41.0. The van der Waals surface area contributed by atoms with Gasteiger partial charge in [-0.25, -0.2) is 4.79 Å². The van der Waals surface area contributed by atoms with Gasteiger partial charge in [0.15, 0.2) is 5.76 Å². The van der Waals surface area contributed by atoms with Gasteiger partial charge in [-0.2, -0.15) is 0 Å². The zero-order valence-electron chi connectivity index (χ0n) is 23.6. The molecule has 0 bridgehead atoms. The van der Waals surface area contributed by atoms with Crippen LogP contribution in [0, 0.1) is 0 Å².